The van der Waals surface area contributed by atoms with Crippen molar-refractivity contribution in [3.8, 4) is 0 Å². The third kappa shape index (κ3) is 5.41. The molecule has 1 aromatic carbocycles. The average molecular weight is 353 g/mol. The quantitative estimate of drug-likeness (QED) is 0.484. The number of methoxy groups -OCH3 is 1. The molecular formula is C13H15CaNO4S2. The first-order chi connectivity index (χ1) is 9.60. The Morgan fingerprint density at radius 1 is 1.43 bits per heavy atom. The first-order valence-corrected chi connectivity index (χ1v) is 7.68. The van der Waals surface area contributed by atoms with Crippen LogP contribution in [0.4, 0.5) is 0 Å². The number of ether oxygens (including phenoxy) is 1. The van der Waals surface area contributed by atoms with Gasteiger partial charge in [0.15, 0.2) is 4.34 Å². The van der Waals surface area contributed by atoms with Gasteiger partial charge in [-0.3, -0.25) is 9.59 Å². The number of thioether (sulfide) groups is 1. The van der Waals surface area contributed by atoms with Crippen LogP contribution in [0.2, 0.25) is 0 Å². The van der Waals surface area contributed by atoms with Crippen LogP contribution in [0.1, 0.15) is 6.42 Å². The van der Waals surface area contributed by atoms with Crippen molar-refractivity contribution in [2.45, 2.75) is 10.8 Å². The second-order valence-electron chi connectivity index (χ2n) is 4.07. The zero-order valence-electron chi connectivity index (χ0n) is 10.7. The van der Waals surface area contributed by atoms with Crippen molar-refractivity contribution in [2.24, 2.45) is 5.92 Å². The number of carbonyl (C=O) groups excluding carboxylic acids is 1. The predicted molar refractivity (Wildman–Crippen MR) is 86.6 cm³/mol. The van der Waals surface area contributed by atoms with Crippen LogP contribution in [-0.4, -0.2) is 72.6 Å². The maximum atomic E-state index is 11.2. The van der Waals surface area contributed by atoms with Gasteiger partial charge in [-0.1, -0.05) is 23.9 Å². The molecule has 8 heteroatoms. The number of carboxylic acids is 1. The van der Waals surface area contributed by atoms with E-state index in [9.17, 15) is 9.59 Å². The Kier molecular flexibility index (Phi) is 7.97. The van der Waals surface area contributed by atoms with E-state index < -0.39 is 17.9 Å². The van der Waals surface area contributed by atoms with E-state index in [2.05, 4.69) is 9.72 Å². The number of benzene rings is 1. The number of esters is 1. The van der Waals surface area contributed by atoms with Crippen LogP contribution in [-0.2, 0) is 14.3 Å². The van der Waals surface area contributed by atoms with E-state index in [1.807, 2.05) is 24.3 Å². The van der Waals surface area contributed by atoms with Crippen molar-refractivity contribution >= 4 is 83.0 Å². The van der Waals surface area contributed by atoms with E-state index in [1.165, 1.54) is 30.2 Å². The molecule has 21 heavy (non-hydrogen) atoms. The van der Waals surface area contributed by atoms with Gasteiger partial charge in [0.05, 0.1) is 29.7 Å². The Morgan fingerprint density at radius 3 is 2.76 bits per heavy atom. The van der Waals surface area contributed by atoms with E-state index in [-0.39, 0.29) is 44.2 Å². The molecule has 0 fully saturated rings. The van der Waals surface area contributed by atoms with Crippen molar-refractivity contribution in [3.63, 3.8) is 0 Å². The van der Waals surface area contributed by atoms with Crippen LogP contribution < -0.4 is 0 Å². The molecule has 0 aliphatic rings. The van der Waals surface area contributed by atoms with Crippen LogP contribution >= 0.6 is 23.1 Å². The van der Waals surface area contributed by atoms with Gasteiger partial charge in [0.2, 0.25) is 0 Å². The molecule has 0 aliphatic heterocycles. The van der Waals surface area contributed by atoms with E-state index >= 15 is 0 Å². The standard InChI is InChI=1S/C13H13NO4S2.Ca.2H/c1-18-11(15)6-8(12(16)17)7-19-13-14-9-4-2-3-5-10(9)20-13;;;/h2-5,8H,6-7H2,1H3,(H,16,17);;;. The van der Waals surface area contributed by atoms with Crippen LogP contribution in [0, 0.1) is 5.92 Å². The number of rotatable bonds is 6. The Bertz CT molecular complexity index is 598. The van der Waals surface area contributed by atoms with E-state index in [0.717, 1.165) is 14.6 Å². The molecule has 0 spiro atoms. The van der Waals surface area contributed by atoms with Crippen molar-refractivity contribution in [1.29, 1.82) is 0 Å². The molecule has 5 nitrogen and oxygen atoms in total. The summed E-state index contributed by atoms with van der Waals surface area (Å²) in [5.74, 6) is -1.98. The topological polar surface area (TPSA) is 76.5 Å². The summed E-state index contributed by atoms with van der Waals surface area (Å²) in [5, 5.41) is 9.10. The maximum absolute atomic E-state index is 11.2. The number of aromatic nitrogens is 1. The van der Waals surface area contributed by atoms with Crippen LogP contribution in [0.3, 0.4) is 0 Å². The average Bonchev–Trinajstić information content (AvgIpc) is 2.85. The molecule has 0 aliphatic carbocycles. The normalized spacial score (nSPS) is 11.7. The summed E-state index contributed by atoms with van der Waals surface area (Å²) in [4.78, 5) is 26.7. The number of fused-ring (bicyclic) bond motifs is 1. The summed E-state index contributed by atoms with van der Waals surface area (Å²) in [6, 6.07) is 7.74. The molecule has 0 saturated heterocycles. The number of para-hydroxylation sites is 1. The number of nitrogens with zero attached hydrogens (tertiary/aromatic N) is 1. The molecule has 1 N–H and O–H groups in total. The van der Waals surface area contributed by atoms with Gasteiger partial charge in [0, 0.05) is 5.75 Å². The predicted octanol–water partition coefficient (Wildman–Crippen LogP) is 1.74. The van der Waals surface area contributed by atoms with Crippen LogP contribution in [0.15, 0.2) is 28.6 Å². The molecule has 1 aromatic heterocycles. The zero-order chi connectivity index (χ0) is 14.5. The number of hydrogen-bond acceptors (Lipinski definition) is 6. The van der Waals surface area contributed by atoms with E-state index in [1.54, 1.807) is 0 Å². The van der Waals surface area contributed by atoms with E-state index in [4.69, 9.17) is 5.11 Å². The van der Waals surface area contributed by atoms with Gasteiger partial charge < -0.3 is 9.84 Å². The van der Waals surface area contributed by atoms with Crippen molar-refractivity contribution in [3.05, 3.63) is 24.3 Å². The molecule has 1 unspecified atom stereocenters. The first-order valence-electron chi connectivity index (χ1n) is 5.88. The molecule has 0 bridgehead atoms. The molecule has 0 radical (unpaired) electrons. The van der Waals surface area contributed by atoms with Gasteiger partial charge in [0.25, 0.3) is 0 Å². The Hall–Kier alpha value is -0.340. The number of hydrogen-bond donors (Lipinski definition) is 1. The number of carbonyl (C=O) groups is 2. The fraction of sp³-hybridized carbons (Fsp3) is 0.308. The minimum absolute atomic E-state index is 0. The molecule has 1 atom stereocenters. The first kappa shape index (κ1) is 18.7. The molecule has 2 aromatic rings. The van der Waals surface area contributed by atoms with Gasteiger partial charge in [-0.2, -0.15) is 0 Å². The molecule has 1 heterocycles. The van der Waals surface area contributed by atoms with Crippen LogP contribution in [0.5, 0.6) is 0 Å². The Balaban J connectivity index is 0.00000220. The molecule has 0 amide bonds. The fourth-order valence-corrected chi connectivity index (χ4v) is 3.76. The van der Waals surface area contributed by atoms with Gasteiger partial charge in [0.1, 0.15) is 0 Å². The van der Waals surface area contributed by atoms with Gasteiger partial charge >= 0.3 is 49.7 Å². The summed E-state index contributed by atoms with van der Waals surface area (Å²) in [6.07, 6.45) is -0.121. The Morgan fingerprint density at radius 2 is 2.14 bits per heavy atom. The number of thiazole rings is 1. The van der Waals surface area contributed by atoms with Crippen molar-refractivity contribution in [1.82, 2.24) is 4.98 Å². The molecule has 0 saturated carbocycles. The third-order valence-corrected chi connectivity index (χ3v) is 5.01. The summed E-state index contributed by atoms with van der Waals surface area (Å²) >= 11 is 2.87. The van der Waals surface area contributed by atoms with Crippen molar-refractivity contribution in [2.75, 3.05) is 12.9 Å². The third-order valence-electron chi connectivity index (χ3n) is 2.67. The number of aliphatic carboxylic acids is 1. The second-order valence-corrected chi connectivity index (χ2v) is 6.37. The summed E-state index contributed by atoms with van der Waals surface area (Å²) < 4.78 is 6.38. The Labute approximate surface area is 160 Å². The van der Waals surface area contributed by atoms with E-state index in [0.29, 0.717) is 5.75 Å². The molecule has 110 valence electrons. The minimum atomic E-state index is -0.996. The summed E-state index contributed by atoms with van der Waals surface area (Å²) in [7, 11) is 1.25. The van der Waals surface area contributed by atoms with Crippen molar-refractivity contribution < 1.29 is 19.4 Å². The number of carboxylic acid groups (broad SMARTS) is 1. The fourth-order valence-electron chi connectivity index (χ4n) is 1.59. The summed E-state index contributed by atoms with van der Waals surface area (Å²) in [6.45, 7) is 0. The monoisotopic (exact) mass is 353 g/mol. The van der Waals surface area contributed by atoms with Gasteiger partial charge in [-0.15, -0.1) is 11.3 Å². The van der Waals surface area contributed by atoms with Gasteiger partial charge in [-0.25, -0.2) is 4.98 Å². The second kappa shape index (κ2) is 8.95. The molecule has 2 rings (SSSR count). The SMILES string of the molecule is COC(=O)CC(CSc1nc2ccccc2s1)C(=O)O.[CaH2]. The summed E-state index contributed by atoms with van der Waals surface area (Å²) in [5.41, 5.74) is 0.903. The molecular weight excluding hydrogens is 338 g/mol. The zero-order valence-corrected chi connectivity index (χ0v) is 12.4. The van der Waals surface area contributed by atoms with Gasteiger partial charge in [-0.05, 0) is 12.1 Å². The van der Waals surface area contributed by atoms with Crippen LogP contribution in [0.25, 0.3) is 10.2 Å².